The molecule has 36 heavy (non-hydrogen) atoms. The summed E-state index contributed by atoms with van der Waals surface area (Å²) in [7, 11) is 1.56. The Morgan fingerprint density at radius 3 is 2.50 bits per heavy atom. The predicted octanol–water partition coefficient (Wildman–Crippen LogP) is 5.51. The number of ketones is 1. The van der Waals surface area contributed by atoms with E-state index in [1.165, 1.54) is 28.4 Å². The molecule has 1 aromatic heterocycles. The van der Waals surface area contributed by atoms with E-state index in [1.54, 1.807) is 37.4 Å². The summed E-state index contributed by atoms with van der Waals surface area (Å²) in [5, 5.41) is 21.5. The van der Waals surface area contributed by atoms with E-state index >= 15 is 0 Å². The Morgan fingerprint density at radius 1 is 1.08 bits per heavy atom. The van der Waals surface area contributed by atoms with Crippen LogP contribution in [0.1, 0.15) is 35.2 Å². The number of carbonyl (C=O) groups is 2. The fourth-order valence-corrected chi connectivity index (χ4v) is 5.52. The van der Waals surface area contributed by atoms with Crippen LogP contribution in [0.25, 0.3) is 16.0 Å². The summed E-state index contributed by atoms with van der Waals surface area (Å²) < 4.78 is 6.21. The van der Waals surface area contributed by atoms with Crippen molar-refractivity contribution in [2.24, 2.45) is 0 Å². The van der Waals surface area contributed by atoms with Crippen molar-refractivity contribution in [3.63, 3.8) is 0 Å². The lowest BCUT2D eigenvalue weighted by atomic mass is 9.95. The Hall–Kier alpha value is -4.17. The summed E-state index contributed by atoms with van der Waals surface area (Å²) in [6.45, 7) is 3.89. The number of Topliss-reactive ketones (excluding diaryl/α,β-unsaturated/α-hetero) is 1. The summed E-state index contributed by atoms with van der Waals surface area (Å²) in [4.78, 5) is 32.8. The summed E-state index contributed by atoms with van der Waals surface area (Å²) in [5.74, 6) is -1.16. The predicted molar refractivity (Wildman–Crippen MR) is 140 cm³/mol. The second-order valence-electron chi connectivity index (χ2n) is 8.60. The number of rotatable bonds is 5. The van der Waals surface area contributed by atoms with Crippen LogP contribution in [0, 0.1) is 6.92 Å². The third-order valence-electron chi connectivity index (χ3n) is 6.38. The van der Waals surface area contributed by atoms with Gasteiger partial charge in [-0.15, -0.1) is 0 Å². The Bertz CT molecular complexity index is 1540. The molecule has 0 aliphatic carbocycles. The highest BCUT2D eigenvalue weighted by atomic mass is 32.1. The summed E-state index contributed by atoms with van der Waals surface area (Å²) in [5.41, 5.74) is 3.56. The Balaban J connectivity index is 1.71. The Morgan fingerprint density at radius 2 is 1.83 bits per heavy atom. The number of aryl methyl sites for hydroxylation is 2. The number of ether oxygens (including phenoxy) is 1. The van der Waals surface area contributed by atoms with Gasteiger partial charge in [-0.2, -0.15) is 0 Å². The van der Waals surface area contributed by atoms with Crippen molar-refractivity contribution in [2.45, 2.75) is 26.3 Å². The zero-order chi connectivity index (χ0) is 25.6. The standard InChI is InChI=1S/C28H24N2O5S/c1-4-16-5-11-20-22(14-16)36-28(29-20)30-24(17-6-9-19(31)10-7-17)23(26(33)27(30)34)25(32)18-8-12-21(35-3)15(2)13-18/h5-14,24,31-32H,4H2,1-3H3/b25-23+. The number of amides is 1. The van der Waals surface area contributed by atoms with Crippen molar-refractivity contribution in [3.05, 3.63) is 88.5 Å². The first-order valence-electron chi connectivity index (χ1n) is 11.5. The first kappa shape index (κ1) is 23.6. The zero-order valence-electron chi connectivity index (χ0n) is 20.0. The number of carbonyl (C=O) groups excluding carboxylic acids is 2. The molecule has 8 heteroatoms. The van der Waals surface area contributed by atoms with E-state index < -0.39 is 17.7 Å². The minimum atomic E-state index is -0.917. The molecule has 1 unspecified atom stereocenters. The van der Waals surface area contributed by atoms with Gasteiger partial charge < -0.3 is 14.9 Å². The van der Waals surface area contributed by atoms with Crippen LogP contribution < -0.4 is 9.64 Å². The normalized spacial score (nSPS) is 17.2. The fourth-order valence-electron chi connectivity index (χ4n) is 4.46. The number of thiazole rings is 1. The van der Waals surface area contributed by atoms with Gasteiger partial charge in [-0.1, -0.05) is 36.5 Å². The van der Waals surface area contributed by atoms with Crippen LogP contribution >= 0.6 is 11.3 Å². The van der Waals surface area contributed by atoms with Crippen LogP contribution in [0.3, 0.4) is 0 Å². The van der Waals surface area contributed by atoms with Gasteiger partial charge in [0.15, 0.2) is 5.13 Å². The molecule has 182 valence electrons. The monoisotopic (exact) mass is 500 g/mol. The number of aliphatic hydroxyl groups is 1. The lowest BCUT2D eigenvalue weighted by Gasteiger charge is -2.23. The molecule has 7 nitrogen and oxygen atoms in total. The summed E-state index contributed by atoms with van der Waals surface area (Å²) in [6, 6.07) is 16.3. The number of methoxy groups -OCH3 is 1. The number of aromatic nitrogens is 1. The maximum Gasteiger partial charge on any atom is 0.301 e. The van der Waals surface area contributed by atoms with E-state index in [4.69, 9.17) is 4.74 Å². The van der Waals surface area contributed by atoms with Crippen LogP contribution in [0.4, 0.5) is 5.13 Å². The van der Waals surface area contributed by atoms with Crippen molar-refractivity contribution < 1.29 is 24.5 Å². The van der Waals surface area contributed by atoms with Crippen molar-refractivity contribution in [1.29, 1.82) is 0 Å². The highest BCUT2D eigenvalue weighted by molar-refractivity contribution is 7.22. The molecule has 1 fully saturated rings. The van der Waals surface area contributed by atoms with E-state index in [-0.39, 0.29) is 17.1 Å². The molecule has 5 rings (SSSR count). The molecule has 3 aromatic carbocycles. The molecular weight excluding hydrogens is 476 g/mol. The molecule has 0 saturated carbocycles. The number of benzene rings is 3. The van der Waals surface area contributed by atoms with Crippen LogP contribution in [-0.4, -0.2) is 34.0 Å². The highest BCUT2D eigenvalue weighted by Gasteiger charge is 2.48. The number of hydrogen-bond donors (Lipinski definition) is 2. The Labute approximate surface area is 211 Å². The molecule has 0 bridgehead atoms. The highest BCUT2D eigenvalue weighted by Crippen LogP contribution is 2.44. The minimum absolute atomic E-state index is 0.0382. The van der Waals surface area contributed by atoms with Crippen LogP contribution in [-0.2, 0) is 16.0 Å². The number of anilines is 1. The van der Waals surface area contributed by atoms with Crippen LogP contribution in [0.15, 0.2) is 66.2 Å². The van der Waals surface area contributed by atoms with Gasteiger partial charge in [0.2, 0.25) is 0 Å². The number of phenols is 1. The number of fused-ring (bicyclic) bond motifs is 1. The number of aliphatic hydroxyl groups excluding tert-OH is 1. The summed E-state index contributed by atoms with van der Waals surface area (Å²) in [6.07, 6.45) is 0.864. The number of hydrogen-bond acceptors (Lipinski definition) is 7. The van der Waals surface area contributed by atoms with Gasteiger partial charge in [0.25, 0.3) is 5.78 Å². The van der Waals surface area contributed by atoms with Crippen LogP contribution in [0.5, 0.6) is 11.5 Å². The largest absolute Gasteiger partial charge is 0.508 e. The third-order valence-corrected chi connectivity index (χ3v) is 7.39. The molecule has 1 aliphatic heterocycles. The number of nitrogens with zero attached hydrogens (tertiary/aromatic N) is 2. The fraction of sp³-hybridized carbons (Fsp3) is 0.179. The van der Waals surface area contributed by atoms with Gasteiger partial charge in [0, 0.05) is 5.56 Å². The maximum atomic E-state index is 13.4. The molecule has 0 spiro atoms. The topological polar surface area (TPSA) is 100.0 Å². The molecule has 2 heterocycles. The van der Waals surface area contributed by atoms with E-state index in [2.05, 4.69) is 11.9 Å². The first-order valence-corrected chi connectivity index (χ1v) is 12.3. The number of aromatic hydroxyl groups is 1. The third kappa shape index (κ3) is 3.89. The zero-order valence-corrected chi connectivity index (χ0v) is 20.8. The van der Waals surface area contributed by atoms with Crippen molar-refractivity contribution in [3.8, 4) is 11.5 Å². The second-order valence-corrected chi connectivity index (χ2v) is 9.61. The maximum absolute atomic E-state index is 13.4. The van der Waals surface area contributed by atoms with Gasteiger partial charge >= 0.3 is 5.91 Å². The molecule has 1 amide bonds. The van der Waals surface area contributed by atoms with Gasteiger partial charge in [-0.3, -0.25) is 14.5 Å². The van der Waals surface area contributed by atoms with Crippen LogP contribution in [0.2, 0.25) is 0 Å². The van der Waals surface area contributed by atoms with Crippen molar-refractivity contribution >= 4 is 44.1 Å². The SMILES string of the molecule is CCc1ccc2nc(N3C(=O)C(=O)/C(=C(/O)c4ccc(OC)c(C)c4)C3c3ccc(O)cc3)sc2c1. The average Bonchev–Trinajstić information content (AvgIpc) is 3.41. The minimum Gasteiger partial charge on any atom is -0.508 e. The van der Waals surface area contributed by atoms with Crippen molar-refractivity contribution in [2.75, 3.05) is 12.0 Å². The molecule has 0 radical (unpaired) electrons. The quantitative estimate of drug-likeness (QED) is 0.213. The molecule has 1 saturated heterocycles. The molecule has 1 aliphatic rings. The van der Waals surface area contributed by atoms with Crippen molar-refractivity contribution in [1.82, 2.24) is 4.98 Å². The van der Waals surface area contributed by atoms with Gasteiger partial charge in [-0.25, -0.2) is 4.98 Å². The van der Waals surface area contributed by atoms with Gasteiger partial charge in [0.05, 0.1) is 28.9 Å². The van der Waals surface area contributed by atoms with E-state index in [0.29, 0.717) is 22.0 Å². The second kappa shape index (κ2) is 9.13. The summed E-state index contributed by atoms with van der Waals surface area (Å²) >= 11 is 1.32. The van der Waals surface area contributed by atoms with E-state index in [0.717, 1.165) is 27.8 Å². The van der Waals surface area contributed by atoms with E-state index in [9.17, 15) is 19.8 Å². The molecular formula is C28H24N2O5S. The van der Waals surface area contributed by atoms with Gasteiger partial charge in [-0.05, 0) is 72.5 Å². The lowest BCUT2D eigenvalue weighted by Crippen LogP contribution is -2.29. The molecule has 1 atom stereocenters. The van der Waals surface area contributed by atoms with E-state index in [1.807, 2.05) is 25.1 Å². The Kier molecular flexibility index (Phi) is 5.97. The molecule has 4 aromatic rings. The smallest absolute Gasteiger partial charge is 0.301 e. The average molecular weight is 501 g/mol. The number of phenolic OH excluding ortho intramolecular Hbond substituents is 1. The molecule has 2 N–H and O–H groups in total. The lowest BCUT2D eigenvalue weighted by molar-refractivity contribution is -0.132. The van der Waals surface area contributed by atoms with Gasteiger partial charge in [0.1, 0.15) is 17.3 Å². The first-order chi connectivity index (χ1) is 17.3.